The van der Waals surface area contributed by atoms with Crippen molar-refractivity contribution in [3.8, 4) is 11.5 Å². The highest BCUT2D eigenvalue weighted by atomic mass is 19.1. The van der Waals surface area contributed by atoms with Crippen LogP contribution in [0.3, 0.4) is 0 Å². The molecule has 0 saturated heterocycles. The molecule has 3 aromatic rings. The van der Waals surface area contributed by atoms with Crippen molar-refractivity contribution in [1.29, 1.82) is 0 Å². The fourth-order valence-corrected chi connectivity index (χ4v) is 4.89. The second-order valence-corrected chi connectivity index (χ2v) is 9.32. The molecule has 1 atom stereocenters. The summed E-state index contributed by atoms with van der Waals surface area (Å²) >= 11 is 0. The third-order valence-corrected chi connectivity index (χ3v) is 6.68. The van der Waals surface area contributed by atoms with Crippen LogP contribution >= 0.6 is 0 Å². The third kappa shape index (κ3) is 5.05. The van der Waals surface area contributed by atoms with Gasteiger partial charge in [-0.15, -0.1) is 0 Å². The Balaban J connectivity index is 1.60. The Morgan fingerprint density at radius 1 is 0.944 bits per heavy atom. The van der Waals surface area contributed by atoms with Gasteiger partial charge in [0, 0.05) is 17.3 Å². The summed E-state index contributed by atoms with van der Waals surface area (Å²) in [6.45, 7) is 2.78. The van der Waals surface area contributed by atoms with Crippen molar-refractivity contribution in [1.82, 2.24) is 5.32 Å². The molecule has 36 heavy (non-hydrogen) atoms. The van der Waals surface area contributed by atoms with Gasteiger partial charge in [-0.25, -0.2) is 4.39 Å². The number of rotatable bonds is 6. The molecule has 1 aliphatic carbocycles. The Bertz CT molecular complexity index is 1250. The standard InChI is InChI=1S/C29H29FN2O4/c1-19-5-4-8-24(17-19)32(29(34)21-11-14-25-26(18-21)36-16-15-35-25)27(20-9-12-22(30)13-10-20)28(33)31-23-6-2-3-7-23/h4-5,8-14,17-18,23,27H,2-3,6-7,15-16H2,1H3,(H,31,33)/t27-/m1/s1. The molecule has 6 nitrogen and oxygen atoms in total. The van der Waals surface area contributed by atoms with Gasteiger partial charge in [-0.1, -0.05) is 37.1 Å². The minimum absolute atomic E-state index is 0.0594. The molecular weight excluding hydrogens is 459 g/mol. The first-order chi connectivity index (χ1) is 17.5. The van der Waals surface area contributed by atoms with Gasteiger partial charge in [0.1, 0.15) is 25.1 Å². The molecule has 186 valence electrons. The fourth-order valence-electron chi connectivity index (χ4n) is 4.89. The monoisotopic (exact) mass is 488 g/mol. The van der Waals surface area contributed by atoms with Gasteiger partial charge in [0.05, 0.1) is 0 Å². The Kier molecular flexibility index (Phi) is 6.89. The van der Waals surface area contributed by atoms with Crippen molar-refractivity contribution >= 4 is 17.5 Å². The molecule has 1 fully saturated rings. The number of carbonyl (C=O) groups is 2. The molecule has 0 spiro atoms. The van der Waals surface area contributed by atoms with Crippen LogP contribution in [0.4, 0.5) is 10.1 Å². The van der Waals surface area contributed by atoms with Crippen LogP contribution in [0.15, 0.2) is 66.7 Å². The number of carbonyl (C=O) groups excluding carboxylic acids is 2. The Labute approximate surface area is 210 Å². The lowest BCUT2D eigenvalue weighted by Crippen LogP contribution is -2.46. The van der Waals surface area contributed by atoms with Crippen molar-refractivity contribution in [3.05, 3.63) is 89.2 Å². The van der Waals surface area contributed by atoms with Gasteiger partial charge in [0.2, 0.25) is 5.91 Å². The van der Waals surface area contributed by atoms with Crippen molar-refractivity contribution in [2.45, 2.75) is 44.7 Å². The third-order valence-electron chi connectivity index (χ3n) is 6.68. The van der Waals surface area contributed by atoms with Crippen LogP contribution in [0.2, 0.25) is 0 Å². The first-order valence-corrected chi connectivity index (χ1v) is 12.4. The molecule has 2 aliphatic rings. The Morgan fingerprint density at radius 2 is 1.67 bits per heavy atom. The summed E-state index contributed by atoms with van der Waals surface area (Å²) in [5.74, 6) is 0.00217. The molecule has 2 amide bonds. The highest BCUT2D eigenvalue weighted by Gasteiger charge is 2.35. The lowest BCUT2D eigenvalue weighted by Gasteiger charge is -2.33. The summed E-state index contributed by atoms with van der Waals surface area (Å²) < 4.78 is 25.1. The predicted octanol–water partition coefficient (Wildman–Crippen LogP) is 5.35. The number of benzene rings is 3. The molecule has 0 unspecified atom stereocenters. The van der Waals surface area contributed by atoms with Crippen LogP contribution in [-0.4, -0.2) is 31.1 Å². The molecule has 1 saturated carbocycles. The van der Waals surface area contributed by atoms with E-state index in [2.05, 4.69) is 5.32 Å². The van der Waals surface area contributed by atoms with Crippen LogP contribution in [-0.2, 0) is 4.79 Å². The molecule has 0 radical (unpaired) electrons. The number of hydrogen-bond donors (Lipinski definition) is 1. The summed E-state index contributed by atoms with van der Waals surface area (Å²) in [4.78, 5) is 29.4. The van der Waals surface area contributed by atoms with Gasteiger partial charge in [-0.3, -0.25) is 14.5 Å². The number of hydrogen-bond acceptors (Lipinski definition) is 4. The smallest absolute Gasteiger partial charge is 0.259 e. The van der Waals surface area contributed by atoms with Crippen molar-refractivity contribution < 1.29 is 23.5 Å². The lowest BCUT2D eigenvalue weighted by molar-refractivity contribution is -0.123. The quantitative estimate of drug-likeness (QED) is 0.508. The summed E-state index contributed by atoms with van der Waals surface area (Å²) in [5.41, 5.74) is 2.41. The van der Waals surface area contributed by atoms with E-state index in [-0.39, 0.29) is 17.9 Å². The average Bonchev–Trinajstić information content (AvgIpc) is 3.40. The van der Waals surface area contributed by atoms with Gasteiger partial charge >= 0.3 is 0 Å². The van der Waals surface area contributed by atoms with E-state index >= 15 is 0 Å². The fraction of sp³-hybridized carbons (Fsp3) is 0.310. The molecule has 1 N–H and O–H groups in total. The molecule has 0 bridgehead atoms. The molecule has 7 heteroatoms. The van der Waals surface area contributed by atoms with Crippen LogP contribution in [0.5, 0.6) is 11.5 Å². The number of nitrogens with one attached hydrogen (secondary N) is 1. The molecule has 3 aromatic carbocycles. The highest BCUT2D eigenvalue weighted by Crippen LogP contribution is 2.35. The van der Waals surface area contributed by atoms with E-state index in [1.54, 1.807) is 30.3 Å². The van der Waals surface area contributed by atoms with Gasteiger partial charge in [-0.2, -0.15) is 0 Å². The molecule has 1 heterocycles. The molecule has 5 rings (SSSR count). The topological polar surface area (TPSA) is 67.9 Å². The van der Waals surface area contributed by atoms with Crippen molar-refractivity contribution in [2.75, 3.05) is 18.1 Å². The van der Waals surface area contributed by atoms with E-state index in [1.807, 2.05) is 31.2 Å². The normalized spacial score (nSPS) is 15.8. The summed E-state index contributed by atoms with van der Waals surface area (Å²) in [6, 6.07) is 17.3. The minimum atomic E-state index is -0.992. The first-order valence-electron chi connectivity index (χ1n) is 12.4. The van der Waals surface area contributed by atoms with Gasteiger partial charge in [-0.05, 0) is 73.4 Å². The van der Waals surface area contributed by atoms with Gasteiger partial charge in [0.25, 0.3) is 5.91 Å². The maximum Gasteiger partial charge on any atom is 0.259 e. The number of nitrogens with zero attached hydrogens (tertiary/aromatic N) is 1. The Hall–Kier alpha value is -3.87. The van der Waals surface area contributed by atoms with Gasteiger partial charge in [0.15, 0.2) is 11.5 Å². The highest BCUT2D eigenvalue weighted by molar-refractivity contribution is 6.10. The van der Waals surface area contributed by atoms with E-state index in [0.29, 0.717) is 41.5 Å². The predicted molar refractivity (Wildman–Crippen MR) is 135 cm³/mol. The second-order valence-electron chi connectivity index (χ2n) is 9.32. The van der Waals surface area contributed by atoms with E-state index in [1.165, 1.54) is 17.0 Å². The minimum Gasteiger partial charge on any atom is -0.486 e. The first kappa shape index (κ1) is 23.9. The largest absolute Gasteiger partial charge is 0.486 e. The van der Waals surface area contributed by atoms with Crippen LogP contribution < -0.4 is 19.7 Å². The van der Waals surface area contributed by atoms with Crippen LogP contribution in [0.25, 0.3) is 0 Å². The zero-order chi connectivity index (χ0) is 25.1. The number of fused-ring (bicyclic) bond motifs is 1. The summed E-state index contributed by atoms with van der Waals surface area (Å²) in [6.07, 6.45) is 3.93. The van der Waals surface area contributed by atoms with Crippen molar-refractivity contribution in [3.63, 3.8) is 0 Å². The van der Waals surface area contributed by atoms with Gasteiger partial charge < -0.3 is 14.8 Å². The van der Waals surface area contributed by atoms with Crippen LogP contribution in [0.1, 0.15) is 53.2 Å². The van der Waals surface area contributed by atoms with Crippen molar-refractivity contribution in [2.24, 2.45) is 0 Å². The zero-order valence-electron chi connectivity index (χ0n) is 20.2. The summed E-state index contributed by atoms with van der Waals surface area (Å²) in [7, 11) is 0. The molecular formula is C29H29FN2O4. The lowest BCUT2D eigenvalue weighted by atomic mass is 10.0. The zero-order valence-corrected chi connectivity index (χ0v) is 20.2. The number of amides is 2. The molecule has 0 aromatic heterocycles. The average molecular weight is 489 g/mol. The van der Waals surface area contributed by atoms with E-state index in [4.69, 9.17) is 9.47 Å². The molecule has 1 aliphatic heterocycles. The number of aryl methyl sites for hydroxylation is 1. The maximum atomic E-state index is 14.1. The Morgan fingerprint density at radius 3 is 2.39 bits per heavy atom. The number of halogens is 1. The van der Waals surface area contributed by atoms with E-state index in [0.717, 1.165) is 31.2 Å². The van der Waals surface area contributed by atoms with E-state index in [9.17, 15) is 14.0 Å². The number of ether oxygens (including phenoxy) is 2. The summed E-state index contributed by atoms with van der Waals surface area (Å²) in [5, 5.41) is 3.14. The van der Waals surface area contributed by atoms with Crippen LogP contribution in [0, 0.1) is 12.7 Å². The maximum absolute atomic E-state index is 14.1. The second kappa shape index (κ2) is 10.4. The van der Waals surface area contributed by atoms with E-state index < -0.39 is 11.9 Å². The number of anilines is 1. The SMILES string of the molecule is Cc1cccc(N(C(=O)c2ccc3c(c2)OCCO3)[C@@H](C(=O)NC2CCCC2)c2ccc(F)cc2)c1.